The van der Waals surface area contributed by atoms with Gasteiger partial charge in [-0.15, -0.1) is 0 Å². The number of para-hydroxylation sites is 1. The summed E-state index contributed by atoms with van der Waals surface area (Å²) in [5.74, 6) is -0.810. The van der Waals surface area contributed by atoms with Gasteiger partial charge in [-0.2, -0.15) is 0 Å². The summed E-state index contributed by atoms with van der Waals surface area (Å²) in [5, 5.41) is 4.20. The maximum absolute atomic E-state index is 13.2. The van der Waals surface area contributed by atoms with Crippen LogP contribution in [0.2, 0.25) is 10.0 Å². The van der Waals surface area contributed by atoms with Crippen LogP contribution in [0.5, 0.6) is 0 Å². The summed E-state index contributed by atoms with van der Waals surface area (Å²) in [5.41, 5.74) is 2.30. The van der Waals surface area contributed by atoms with E-state index in [-0.39, 0.29) is 32.5 Å². The van der Waals surface area contributed by atoms with Crippen LogP contribution in [0.1, 0.15) is 22.8 Å². The Hall–Kier alpha value is -3.04. The van der Waals surface area contributed by atoms with E-state index in [2.05, 4.69) is 5.32 Å². The second kappa shape index (κ2) is 9.44. The third-order valence-corrected chi connectivity index (χ3v) is 9.20. The van der Waals surface area contributed by atoms with Crippen LogP contribution in [-0.2, 0) is 20.4 Å². The number of nitrogens with zero attached hydrogens (tertiary/aromatic N) is 1. The number of carbonyl (C=O) groups is 2. The summed E-state index contributed by atoms with van der Waals surface area (Å²) in [6.07, 6.45) is 3.40. The fourth-order valence-corrected chi connectivity index (χ4v) is 7.17. The number of amides is 1. The first kappa shape index (κ1) is 24.6. The van der Waals surface area contributed by atoms with E-state index in [4.69, 9.17) is 23.2 Å². The van der Waals surface area contributed by atoms with Gasteiger partial charge in [0, 0.05) is 44.6 Å². The molecule has 1 amide bonds. The van der Waals surface area contributed by atoms with Crippen LogP contribution < -0.4 is 5.32 Å². The van der Waals surface area contributed by atoms with Gasteiger partial charge in [-0.05, 0) is 42.5 Å². The second-order valence-electron chi connectivity index (χ2n) is 8.17. The van der Waals surface area contributed by atoms with Gasteiger partial charge in [0.15, 0.2) is 9.84 Å². The molecule has 1 aliphatic rings. The number of rotatable bonds is 4. The van der Waals surface area contributed by atoms with E-state index in [9.17, 15) is 18.0 Å². The first-order chi connectivity index (χ1) is 17.1. The van der Waals surface area contributed by atoms with Crippen molar-refractivity contribution in [3.63, 3.8) is 0 Å². The first-order valence-corrected chi connectivity index (χ1v) is 14.0. The summed E-state index contributed by atoms with van der Waals surface area (Å²) in [6.45, 7) is 1.47. The van der Waals surface area contributed by atoms with Crippen LogP contribution in [0.4, 0.5) is 5.69 Å². The Morgan fingerprint density at radius 3 is 2.50 bits per heavy atom. The number of hydrogen-bond donors (Lipinski definition) is 1. The van der Waals surface area contributed by atoms with Crippen molar-refractivity contribution in [3.05, 3.63) is 92.9 Å². The van der Waals surface area contributed by atoms with Crippen LogP contribution in [0.3, 0.4) is 0 Å². The summed E-state index contributed by atoms with van der Waals surface area (Å²) in [4.78, 5) is 25.9. The highest BCUT2D eigenvalue weighted by molar-refractivity contribution is 8.04. The van der Waals surface area contributed by atoms with Crippen LogP contribution in [-0.4, -0.2) is 24.8 Å². The molecule has 36 heavy (non-hydrogen) atoms. The third-order valence-electron chi connectivity index (χ3n) is 5.77. The lowest BCUT2D eigenvalue weighted by Crippen LogP contribution is -2.17. The molecule has 0 spiro atoms. The number of benzene rings is 3. The molecular weight excluding hydrogens is 539 g/mol. The predicted octanol–water partition coefficient (Wildman–Crippen LogP) is 6.67. The van der Waals surface area contributed by atoms with Gasteiger partial charge in [-0.3, -0.25) is 14.2 Å². The van der Waals surface area contributed by atoms with Crippen molar-refractivity contribution >= 4 is 79.3 Å². The van der Waals surface area contributed by atoms with Crippen molar-refractivity contribution in [3.8, 4) is 0 Å². The third kappa shape index (κ3) is 4.57. The molecule has 6 nitrogen and oxygen atoms in total. The molecule has 0 saturated carbocycles. The van der Waals surface area contributed by atoms with Gasteiger partial charge >= 0.3 is 0 Å². The summed E-state index contributed by atoms with van der Waals surface area (Å²) in [6, 6.07) is 16.8. The Labute approximate surface area is 221 Å². The highest BCUT2D eigenvalue weighted by atomic mass is 35.5. The number of anilines is 1. The molecule has 10 heteroatoms. The topological polar surface area (TPSA) is 85.2 Å². The average Bonchev–Trinajstić information content (AvgIpc) is 3.20. The monoisotopic (exact) mass is 556 g/mol. The highest BCUT2D eigenvalue weighted by Gasteiger charge is 2.26. The Morgan fingerprint density at radius 1 is 1.06 bits per heavy atom. The van der Waals surface area contributed by atoms with E-state index in [1.807, 2.05) is 24.3 Å². The van der Waals surface area contributed by atoms with E-state index in [0.29, 0.717) is 26.6 Å². The fourth-order valence-electron chi connectivity index (χ4n) is 3.99. The number of aromatic nitrogens is 1. The van der Waals surface area contributed by atoms with Crippen molar-refractivity contribution in [2.24, 2.45) is 0 Å². The Morgan fingerprint density at radius 2 is 1.78 bits per heavy atom. The zero-order chi connectivity index (χ0) is 25.6. The quantitative estimate of drug-likeness (QED) is 0.284. The molecule has 5 rings (SSSR count). The zero-order valence-electron chi connectivity index (χ0n) is 18.8. The molecule has 2 heterocycles. The van der Waals surface area contributed by atoms with Crippen molar-refractivity contribution in [1.82, 2.24) is 4.57 Å². The molecule has 0 fully saturated rings. The largest absolute Gasteiger partial charge is 0.320 e. The molecule has 182 valence electrons. The normalized spacial score (nSPS) is 14.6. The van der Waals surface area contributed by atoms with Gasteiger partial charge in [0.1, 0.15) is 0 Å². The number of sulfone groups is 1. The lowest BCUT2D eigenvalue weighted by molar-refractivity contribution is -0.112. The van der Waals surface area contributed by atoms with Crippen molar-refractivity contribution in [2.45, 2.75) is 22.5 Å². The number of carbonyl (C=O) groups excluding carboxylic acids is 2. The number of halogens is 2. The van der Waals surface area contributed by atoms with E-state index in [1.165, 1.54) is 35.4 Å². The first-order valence-electron chi connectivity index (χ1n) is 10.8. The lowest BCUT2D eigenvalue weighted by atomic mass is 10.1. The molecule has 4 aromatic rings. The van der Waals surface area contributed by atoms with Gasteiger partial charge in [0.2, 0.25) is 5.91 Å². The van der Waals surface area contributed by atoms with Crippen molar-refractivity contribution < 1.29 is 18.0 Å². The molecule has 0 saturated heterocycles. The Bertz CT molecular complexity index is 1690. The number of nitrogens with one attached hydrogen (secondary N) is 1. The molecule has 3 aromatic carbocycles. The average molecular weight is 557 g/mol. The summed E-state index contributed by atoms with van der Waals surface area (Å²) < 4.78 is 27.9. The molecule has 0 atom stereocenters. The number of hydrogen-bond acceptors (Lipinski definition) is 5. The van der Waals surface area contributed by atoms with Crippen LogP contribution in [0.15, 0.2) is 81.6 Å². The van der Waals surface area contributed by atoms with Gasteiger partial charge in [-0.1, -0.05) is 59.2 Å². The van der Waals surface area contributed by atoms with Crippen LogP contribution in [0.25, 0.3) is 17.0 Å². The number of fused-ring (bicyclic) bond motifs is 2. The molecule has 1 aromatic heterocycles. The SMILES string of the molecule is CC(=O)n1cc(/C=C2\Sc3cc(S(=O)(=O)Cc4c(Cl)cccc4Cl)ccc3NC2=O)c2ccccc21. The van der Waals surface area contributed by atoms with Crippen LogP contribution in [0, 0.1) is 0 Å². The lowest BCUT2D eigenvalue weighted by Gasteiger charge is -2.19. The van der Waals surface area contributed by atoms with Crippen molar-refractivity contribution in [1.29, 1.82) is 0 Å². The van der Waals surface area contributed by atoms with Crippen molar-refractivity contribution in [2.75, 3.05) is 5.32 Å². The van der Waals surface area contributed by atoms with Gasteiger partial charge in [-0.25, -0.2) is 8.42 Å². The van der Waals surface area contributed by atoms with E-state index in [1.54, 1.807) is 36.5 Å². The fraction of sp³-hybridized carbons (Fsp3) is 0.0769. The highest BCUT2D eigenvalue weighted by Crippen LogP contribution is 2.41. The minimum Gasteiger partial charge on any atom is -0.320 e. The zero-order valence-corrected chi connectivity index (χ0v) is 21.9. The number of thioether (sulfide) groups is 1. The van der Waals surface area contributed by atoms with Gasteiger partial charge < -0.3 is 5.32 Å². The molecular formula is C26H18Cl2N2O4S2. The Kier molecular flexibility index (Phi) is 6.46. The smallest absolute Gasteiger partial charge is 0.262 e. The maximum atomic E-state index is 13.2. The van der Waals surface area contributed by atoms with E-state index >= 15 is 0 Å². The van der Waals surface area contributed by atoms with E-state index < -0.39 is 9.84 Å². The maximum Gasteiger partial charge on any atom is 0.262 e. The molecule has 0 unspecified atom stereocenters. The van der Waals surface area contributed by atoms with Crippen LogP contribution >= 0.6 is 35.0 Å². The molecule has 1 N–H and O–H groups in total. The summed E-state index contributed by atoms with van der Waals surface area (Å²) in [7, 11) is -3.77. The minimum absolute atomic E-state index is 0.0911. The van der Waals surface area contributed by atoms with Gasteiger partial charge in [0.25, 0.3) is 5.91 Å². The molecule has 0 bridgehead atoms. The minimum atomic E-state index is -3.77. The van der Waals surface area contributed by atoms with Gasteiger partial charge in [0.05, 0.1) is 26.8 Å². The van der Waals surface area contributed by atoms with E-state index in [0.717, 1.165) is 10.9 Å². The Balaban J connectivity index is 1.51. The molecule has 1 aliphatic heterocycles. The summed E-state index contributed by atoms with van der Waals surface area (Å²) >= 11 is 13.5. The molecule has 0 radical (unpaired) electrons. The molecule has 0 aliphatic carbocycles. The second-order valence-corrected chi connectivity index (χ2v) is 12.1. The predicted molar refractivity (Wildman–Crippen MR) is 144 cm³/mol. The standard InChI is InChI=1S/C26H18Cl2N2O4S2/c1-15(31)30-13-16(18-5-2-3-8-23(18)30)11-25-26(32)29-22-10-9-17(12-24(22)35-25)36(33,34)14-19-20(27)6-4-7-21(19)28/h2-13H,14H2,1H3,(H,29,32)/b25-11-.